The van der Waals surface area contributed by atoms with Gasteiger partial charge in [-0.25, -0.2) is 8.42 Å². The molecular weight excluding hydrogens is 290 g/mol. The van der Waals surface area contributed by atoms with E-state index in [1.807, 2.05) is 0 Å². The molecule has 21 heavy (non-hydrogen) atoms. The van der Waals surface area contributed by atoms with Crippen molar-refractivity contribution in [2.75, 3.05) is 12.3 Å². The second kappa shape index (κ2) is 4.82. The molecule has 0 saturated carbocycles. The first-order valence-corrected chi connectivity index (χ1v) is 7.78. The summed E-state index contributed by atoms with van der Waals surface area (Å²) in [6.45, 7) is 0.112. The first-order chi connectivity index (χ1) is 9.95. The van der Waals surface area contributed by atoms with Crippen LogP contribution in [-0.2, 0) is 9.84 Å². The number of ether oxygens (including phenoxy) is 1. The van der Waals surface area contributed by atoms with Crippen molar-refractivity contribution in [3.63, 3.8) is 0 Å². The number of rotatable bonds is 3. The Kier molecular flexibility index (Phi) is 3.10. The van der Waals surface area contributed by atoms with Gasteiger partial charge >= 0.3 is 0 Å². The summed E-state index contributed by atoms with van der Waals surface area (Å²) < 4.78 is 29.6. The van der Waals surface area contributed by atoms with Crippen LogP contribution in [0.5, 0.6) is 11.5 Å². The van der Waals surface area contributed by atoms with Gasteiger partial charge in [-0.1, -0.05) is 0 Å². The van der Waals surface area contributed by atoms with Gasteiger partial charge in [0.15, 0.2) is 0 Å². The molecule has 0 aliphatic carbocycles. The molecule has 1 heterocycles. The quantitative estimate of drug-likeness (QED) is 0.848. The highest BCUT2D eigenvalue weighted by atomic mass is 32.2. The molecule has 2 aromatic rings. The lowest BCUT2D eigenvalue weighted by atomic mass is 10.1. The van der Waals surface area contributed by atoms with Crippen LogP contribution in [-0.4, -0.2) is 20.1 Å². The van der Waals surface area contributed by atoms with Gasteiger partial charge in [-0.3, -0.25) is 0 Å². The second-order valence-corrected chi connectivity index (χ2v) is 6.49. The maximum Gasteiger partial charge on any atom is 0.200 e. The predicted molar refractivity (Wildman–Crippen MR) is 79.6 cm³/mol. The molecular formula is C15H13NO4S. The van der Waals surface area contributed by atoms with Crippen molar-refractivity contribution in [1.29, 1.82) is 0 Å². The number of nitrogen functional groups attached to an aromatic ring is 1. The average molecular weight is 303 g/mol. The Hall–Kier alpha value is -2.47. The molecule has 1 aliphatic heterocycles. The van der Waals surface area contributed by atoms with Crippen LogP contribution in [0.1, 0.15) is 5.56 Å². The minimum absolute atomic E-state index is 0.112. The molecule has 0 fully saturated rings. The number of benzene rings is 2. The summed E-state index contributed by atoms with van der Waals surface area (Å²) in [4.78, 5) is 0.251. The van der Waals surface area contributed by atoms with E-state index >= 15 is 0 Å². The summed E-state index contributed by atoms with van der Waals surface area (Å²) in [5.74, 6) is 0.687. The van der Waals surface area contributed by atoms with Crippen LogP contribution in [0.2, 0.25) is 0 Å². The maximum atomic E-state index is 12.0. The summed E-state index contributed by atoms with van der Waals surface area (Å²) in [7, 11) is -3.42. The summed E-state index contributed by atoms with van der Waals surface area (Å²) in [6, 6.07) is 10.9. The molecule has 0 amide bonds. The third-order valence-electron chi connectivity index (χ3n) is 3.18. The summed E-state index contributed by atoms with van der Waals surface area (Å²) in [5.41, 5.74) is 7.35. The zero-order chi connectivity index (χ0) is 15.0. The molecule has 6 heteroatoms. The van der Waals surface area contributed by atoms with Gasteiger partial charge < -0.3 is 15.6 Å². The van der Waals surface area contributed by atoms with Gasteiger partial charge in [-0.05, 0) is 42.5 Å². The van der Waals surface area contributed by atoms with Crippen LogP contribution in [0.15, 0.2) is 52.8 Å². The number of nitrogens with two attached hydrogens (primary N) is 1. The number of phenolic OH excluding ortho intramolecular Hbond substituents is 1. The number of phenols is 1. The van der Waals surface area contributed by atoms with E-state index in [4.69, 9.17) is 10.5 Å². The average Bonchev–Trinajstić information content (AvgIpc) is 2.69. The van der Waals surface area contributed by atoms with Gasteiger partial charge in [-0.15, -0.1) is 0 Å². The van der Waals surface area contributed by atoms with Crippen LogP contribution < -0.4 is 10.5 Å². The summed E-state index contributed by atoms with van der Waals surface area (Å²) in [6.07, 6.45) is 0. The zero-order valence-corrected chi connectivity index (χ0v) is 11.8. The van der Waals surface area contributed by atoms with E-state index in [1.165, 1.54) is 23.6 Å². The molecule has 0 aromatic heterocycles. The molecule has 3 rings (SSSR count). The van der Waals surface area contributed by atoms with E-state index in [1.54, 1.807) is 24.3 Å². The van der Waals surface area contributed by atoms with Gasteiger partial charge in [0.05, 0.1) is 4.90 Å². The second-order valence-electron chi connectivity index (χ2n) is 4.73. The van der Waals surface area contributed by atoms with Crippen LogP contribution in [0.3, 0.4) is 0 Å². The monoisotopic (exact) mass is 303 g/mol. The number of sulfone groups is 1. The molecule has 0 atom stereocenters. The molecule has 2 aromatic carbocycles. The lowest BCUT2D eigenvalue weighted by Crippen LogP contribution is -2.00. The molecule has 0 saturated heterocycles. The minimum Gasteiger partial charge on any atom is -0.508 e. The first-order valence-electron chi connectivity index (χ1n) is 6.23. The molecule has 0 radical (unpaired) electrons. The third kappa shape index (κ3) is 2.57. The Morgan fingerprint density at radius 2 is 1.81 bits per heavy atom. The van der Waals surface area contributed by atoms with E-state index in [9.17, 15) is 13.5 Å². The van der Waals surface area contributed by atoms with Crippen molar-refractivity contribution in [2.45, 2.75) is 4.90 Å². The number of aromatic hydroxyl groups is 1. The van der Waals surface area contributed by atoms with E-state index in [2.05, 4.69) is 0 Å². The van der Waals surface area contributed by atoms with Crippen molar-refractivity contribution in [1.82, 2.24) is 0 Å². The molecule has 0 unspecified atom stereocenters. The topological polar surface area (TPSA) is 89.6 Å². The van der Waals surface area contributed by atoms with Crippen LogP contribution in [0.25, 0.3) is 5.57 Å². The number of hydrogen-bond donors (Lipinski definition) is 2. The normalized spacial score (nSPS) is 15.3. The van der Waals surface area contributed by atoms with Crippen LogP contribution in [0, 0.1) is 0 Å². The van der Waals surface area contributed by atoms with Crippen molar-refractivity contribution in [2.24, 2.45) is 0 Å². The van der Waals surface area contributed by atoms with Gasteiger partial charge in [0.1, 0.15) is 18.1 Å². The summed E-state index contributed by atoms with van der Waals surface area (Å²) >= 11 is 0. The van der Waals surface area contributed by atoms with E-state index < -0.39 is 9.84 Å². The van der Waals surface area contributed by atoms with E-state index in [0.29, 0.717) is 22.6 Å². The highest BCUT2D eigenvalue weighted by molar-refractivity contribution is 7.95. The molecule has 5 nitrogen and oxygen atoms in total. The Morgan fingerprint density at radius 3 is 2.52 bits per heavy atom. The van der Waals surface area contributed by atoms with E-state index in [0.717, 1.165) is 0 Å². The highest BCUT2D eigenvalue weighted by Crippen LogP contribution is 2.35. The maximum absolute atomic E-state index is 12.0. The predicted octanol–water partition coefficient (Wildman–Crippen LogP) is 2.18. The molecule has 1 aliphatic rings. The fourth-order valence-corrected chi connectivity index (χ4v) is 3.63. The van der Waals surface area contributed by atoms with Crippen molar-refractivity contribution >= 4 is 21.1 Å². The molecule has 0 bridgehead atoms. The number of hydrogen-bond acceptors (Lipinski definition) is 5. The van der Waals surface area contributed by atoms with Gasteiger partial charge in [0.2, 0.25) is 9.84 Å². The van der Waals surface area contributed by atoms with Crippen molar-refractivity contribution < 1.29 is 18.3 Å². The van der Waals surface area contributed by atoms with Gasteiger partial charge in [0, 0.05) is 22.2 Å². The molecule has 3 N–H and O–H groups in total. The highest BCUT2D eigenvalue weighted by Gasteiger charge is 2.27. The number of anilines is 1. The first kappa shape index (κ1) is 13.5. The lowest BCUT2D eigenvalue weighted by Gasteiger charge is -2.08. The summed E-state index contributed by atoms with van der Waals surface area (Å²) in [5, 5.41) is 10.4. The van der Waals surface area contributed by atoms with Crippen LogP contribution in [0.4, 0.5) is 5.69 Å². The van der Waals surface area contributed by atoms with Crippen LogP contribution >= 0.6 is 0 Å². The zero-order valence-electron chi connectivity index (χ0n) is 11.0. The van der Waals surface area contributed by atoms with E-state index in [-0.39, 0.29) is 17.3 Å². The fraction of sp³-hybridized carbons (Fsp3) is 0.0667. The Balaban J connectivity index is 1.87. The van der Waals surface area contributed by atoms with Crippen molar-refractivity contribution in [3.8, 4) is 11.5 Å². The fourth-order valence-electron chi connectivity index (χ4n) is 2.18. The standard InChI is InChI=1S/C15H13NO4S/c16-11-1-6-15-14(7-11)10(9-21(15,18)19)8-20-13-4-2-12(17)3-5-13/h1-7,9,17H,8,16H2. The largest absolute Gasteiger partial charge is 0.508 e. The van der Waals surface area contributed by atoms with Crippen molar-refractivity contribution in [3.05, 3.63) is 53.4 Å². The molecule has 108 valence electrons. The van der Waals surface area contributed by atoms with Gasteiger partial charge in [0.25, 0.3) is 0 Å². The Bertz CT molecular complexity index is 823. The third-order valence-corrected chi connectivity index (χ3v) is 4.75. The smallest absolute Gasteiger partial charge is 0.200 e. The Labute approximate surface area is 122 Å². The molecule has 0 spiro atoms. The Morgan fingerprint density at radius 1 is 1.10 bits per heavy atom. The van der Waals surface area contributed by atoms with Gasteiger partial charge in [-0.2, -0.15) is 0 Å². The minimum atomic E-state index is -3.42. The SMILES string of the molecule is Nc1ccc2c(c1)C(COc1ccc(O)cc1)=CS2(=O)=O. The number of fused-ring (bicyclic) bond motifs is 1. The lowest BCUT2D eigenvalue weighted by molar-refractivity contribution is 0.368.